The van der Waals surface area contributed by atoms with Gasteiger partial charge in [-0.15, -0.1) is 0 Å². The number of Topliss-reactive ketones (excluding diaryl/α,β-unsaturated/α-hetero) is 1. The molecule has 0 saturated carbocycles. The second-order valence-electron chi connectivity index (χ2n) is 8.37. The van der Waals surface area contributed by atoms with Gasteiger partial charge in [0.1, 0.15) is 18.0 Å². The van der Waals surface area contributed by atoms with Gasteiger partial charge in [-0.05, 0) is 24.3 Å². The molecule has 0 spiro atoms. The molecule has 0 bridgehead atoms. The number of aromatic nitrogens is 2. The molecule has 0 aliphatic rings. The Morgan fingerprint density at radius 3 is 2.32 bits per heavy atom. The number of hydrogen-bond donors (Lipinski definition) is 0. The molecule has 0 saturated heterocycles. The van der Waals surface area contributed by atoms with E-state index in [9.17, 15) is 22.8 Å². The number of fused-ring (bicyclic) bond motifs is 1. The Labute approximate surface area is 220 Å². The zero-order valence-electron chi connectivity index (χ0n) is 19.2. The van der Waals surface area contributed by atoms with Gasteiger partial charge in [0.25, 0.3) is 0 Å². The van der Waals surface area contributed by atoms with Crippen LogP contribution in [0, 0.1) is 0 Å². The maximum absolute atomic E-state index is 13.0. The Morgan fingerprint density at radius 1 is 0.946 bits per heavy atom. The molecule has 3 aromatic carbocycles. The molecule has 188 valence electrons. The first-order chi connectivity index (χ1) is 17.3. The second kappa shape index (κ2) is 10.6. The van der Waals surface area contributed by atoms with Gasteiger partial charge in [0.05, 0.1) is 11.1 Å². The summed E-state index contributed by atoms with van der Waals surface area (Å²) in [6.45, 7) is -0.0772. The average molecular weight is 569 g/mol. The van der Waals surface area contributed by atoms with E-state index in [2.05, 4.69) is 0 Å². The standard InChI is InChI=1S/C28H20F3N2O3.BrH/c29-28(30,31)22-12-10-19(11-13-22)24(34)17-32-14-15-33(18-32)26(20-6-2-1-3-7-20)23-16-21-8-4-5-9-25(21)36-27(23)35;/h1-16,18,26H,17H2;1H/q+1;/p-1. The Hall–Kier alpha value is -3.98. The van der Waals surface area contributed by atoms with Crippen molar-refractivity contribution >= 4 is 16.8 Å². The lowest BCUT2D eigenvalue weighted by atomic mass is 9.99. The number of hydrogen-bond acceptors (Lipinski definition) is 3. The number of rotatable bonds is 6. The van der Waals surface area contributed by atoms with E-state index in [0.29, 0.717) is 11.1 Å². The number of para-hydroxylation sites is 1. The number of benzene rings is 3. The minimum Gasteiger partial charge on any atom is -1.00 e. The molecule has 2 aromatic heterocycles. The lowest BCUT2D eigenvalue weighted by molar-refractivity contribution is -0.682. The van der Waals surface area contributed by atoms with Crippen molar-refractivity contribution in [3.8, 4) is 0 Å². The normalized spacial score (nSPS) is 12.2. The van der Waals surface area contributed by atoms with E-state index in [1.165, 1.54) is 12.1 Å². The maximum Gasteiger partial charge on any atom is 0.416 e. The Morgan fingerprint density at radius 2 is 1.62 bits per heavy atom. The topological polar surface area (TPSA) is 56.1 Å². The van der Waals surface area contributed by atoms with Crippen molar-refractivity contribution < 1.29 is 43.9 Å². The first-order valence-corrected chi connectivity index (χ1v) is 11.1. The highest BCUT2D eigenvalue weighted by molar-refractivity contribution is 5.95. The summed E-state index contributed by atoms with van der Waals surface area (Å²) in [5, 5.41) is 0.783. The molecule has 5 aromatic rings. The van der Waals surface area contributed by atoms with Crippen LogP contribution < -0.4 is 27.2 Å². The first kappa shape index (κ1) is 26.1. The highest BCUT2D eigenvalue weighted by Crippen LogP contribution is 2.29. The molecular formula is C28H20BrF3N2O3. The third kappa shape index (κ3) is 5.56. The lowest BCUT2D eigenvalue weighted by Gasteiger charge is -2.14. The van der Waals surface area contributed by atoms with Crippen molar-refractivity contribution in [3.63, 3.8) is 0 Å². The van der Waals surface area contributed by atoms with Crippen molar-refractivity contribution in [2.75, 3.05) is 0 Å². The largest absolute Gasteiger partial charge is 1.00 e. The predicted molar refractivity (Wildman–Crippen MR) is 127 cm³/mol. The van der Waals surface area contributed by atoms with Gasteiger partial charge in [-0.25, -0.2) is 13.9 Å². The molecule has 1 unspecified atom stereocenters. The Balaban J connectivity index is 0.00000320. The van der Waals surface area contributed by atoms with Gasteiger partial charge in [-0.2, -0.15) is 13.2 Å². The molecule has 0 amide bonds. The van der Waals surface area contributed by atoms with Crippen LogP contribution in [0.3, 0.4) is 0 Å². The summed E-state index contributed by atoms with van der Waals surface area (Å²) in [5.74, 6) is -0.340. The third-order valence-electron chi connectivity index (χ3n) is 5.95. The third-order valence-corrected chi connectivity index (χ3v) is 5.95. The number of alkyl halides is 3. The van der Waals surface area contributed by atoms with Crippen LogP contribution in [0.25, 0.3) is 11.0 Å². The van der Waals surface area contributed by atoms with E-state index < -0.39 is 23.4 Å². The van der Waals surface area contributed by atoms with Crippen LogP contribution >= 0.6 is 0 Å². The molecule has 2 heterocycles. The van der Waals surface area contributed by atoms with E-state index in [-0.39, 0.29) is 34.9 Å². The summed E-state index contributed by atoms with van der Waals surface area (Å²) in [6.07, 6.45) is 0.649. The molecule has 5 nitrogen and oxygen atoms in total. The summed E-state index contributed by atoms with van der Waals surface area (Å²) >= 11 is 0. The SMILES string of the molecule is O=C(C[n+]1ccn(C(c2ccccc2)c2cc3ccccc3oc2=O)c1)c1ccc(C(F)(F)F)cc1.[Br-]. The monoisotopic (exact) mass is 568 g/mol. The number of ketones is 1. The fourth-order valence-electron chi connectivity index (χ4n) is 4.18. The number of carbonyl (C=O) groups is 1. The second-order valence-corrected chi connectivity index (χ2v) is 8.37. The first-order valence-electron chi connectivity index (χ1n) is 11.1. The molecule has 0 fully saturated rings. The maximum atomic E-state index is 13.0. The van der Waals surface area contributed by atoms with Crippen LogP contribution in [-0.2, 0) is 12.7 Å². The average Bonchev–Trinajstić information content (AvgIpc) is 3.32. The van der Waals surface area contributed by atoms with E-state index in [1.54, 1.807) is 46.1 Å². The fraction of sp³-hybridized carbons (Fsp3) is 0.107. The Bertz CT molecular complexity index is 1590. The number of nitrogens with zero attached hydrogens (tertiary/aromatic N) is 2. The molecule has 37 heavy (non-hydrogen) atoms. The van der Waals surface area contributed by atoms with Crippen LogP contribution in [0.15, 0.2) is 113 Å². The zero-order chi connectivity index (χ0) is 25.3. The molecule has 0 aliphatic carbocycles. The van der Waals surface area contributed by atoms with Crippen LogP contribution in [0.5, 0.6) is 0 Å². The zero-order valence-corrected chi connectivity index (χ0v) is 20.8. The van der Waals surface area contributed by atoms with E-state index in [4.69, 9.17) is 4.42 Å². The molecule has 0 N–H and O–H groups in total. The quantitative estimate of drug-likeness (QED) is 0.180. The fourth-order valence-corrected chi connectivity index (χ4v) is 4.18. The molecular weight excluding hydrogens is 549 g/mol. The molecule has 0 aliphatic heterocycles. The van der Waals surface area contributed by atoms with Crippen LogP contribution in [0.4, 0.5) is 13.2 Å². The molecule has 9 heteroatoms. The van der Waals surface area contributed by atoms with Crippen LogP contribution in [0.2, 0.25) is 0 Å². The molecule has 5 rings (SSSR count). The van der Waals surface area contributed by atoms with E-state index in [1.807, 2.05) is 42.5 Å². The van der Waals surface area contributed by atoms with Crippen molar-refractivity contribution in [3.05, 3.63) is 136 Å². The van der Waals surface area contributed by atoms with Gasteiger partial charge in [0.2, 0.25) is 12.1 Å². The summed E-state index contributed by atoms with van der Waals surface area (Å²) in [5.41, 5.74) is 0.663. The summed E-state index contributed by atoms with van der Waals surface area (Å²) in [4.78, 5) is 25.7. The van der Waals surface area contributed by atoms with Crippen LogP contribution in [-0.4, -0.2) is 10.4 Å². The number of halogens is 4. The summed E-state index contributed by atoms with van der Waals surface area (Å²) < 4.78 is 47.5. The van der Waals surface area contributed by atoms with Gasteiger partial charge in [0, 0.05) is 16.5 Å². The minimum atomic E-state index is -4.46. The highest BCUT2D eigenvalue weighted by atomic mass is 79.9. The number of carbonyl (C=O) groups excluding carboxylic acids is 1. The van der Waals surface area contributed by atoms with Gasteiger partial charge < -0.3 is 21.4 Å². The highest BCUT2D eigenvalue weighted by Gasteiger charge is 2.30. The summed E-state index contributed by atoms with van der Waals surface area (Å²) in [6, 6.07) is 22.1. The van der Waals surface area contributed by atoms with Gasteiger partial charge in [-0.1, -0.05) is 60.7 Å². The van der Waals surface area contributed by atoms with Gasteiger partial charge in [-0.3, -0.25) is 4.79 Å². The smallest absolute Gasteiger partial charge is 0.416 e. The predicted octanol–water partition coefficient (Wildman–Crippen LogP) is 2.43. The lowest BCUT2D eigenvalue weighted by Crippen LogP contribution is -3.00. The molecule has 0 radical (unpaired) electrons. The van der Waals surface area contributed by atoms with Crippen molar-refractivity contribution in [1.82, 2.24) is 4.57 Å². The van der Waals surface area contributed by atoms with Gasteiger partial charge >= 0.3 is 11.8 Å². The Kier molecular flexibility index (Phi) is 7.45. The minimum absolute atomic E-state index is 0. The van der Waals surface area contributed by atoms with Crippen LogP contribution in [0.1, 0.15) is 33.1 Å². The molecule has 1 atom stereocenters. The van der Waals surface area contributed by atoms with Crippen molar-refractivity contribution in [2.45, 2.75) is 18.8 Å². The van der Waals surface area contributed by atoms with Crippen molar-refractivity contribution in [2.24, 2.45) is 0 Å². The number of imidazole rings is 1. The van der Waals surface area contributed by atoms with E-state index in [0.717, 1.165) is 23.1 Å². The van der Waals surface area contributed by atoms with Crippen molar-refractivity contribution in [1.29, 1.82) is 0 Å². The van der Waals surface area contributed by atoms with Gasteiger partial charge in [0.15, 0.2) is 12.6 Å². The summed E-state index contributed by atoms with van der Waals surface area (Å²) in [7, 11) is 0. The van der Waals surface area contributed by atoms with E-state index >= 15 is 0 Å².